The fourth-order valence-corrected chi connectivity index (χ4v) is 1.42. The average Bonchev–Trinajstić information content (AvgIpc) is 1.95. The van der Waals surface area contributed by atoms with E-state index in [0.29, 0.717) is 0 Å². The number of hydrogen-bond acceptors (Lipinski definition) is 3. The maximum Gasteiger partial charge on any atom is 0.114 e. The van der Waals surface area contributed by atoms with Crippen LogP contribution in [0.15, 0.2) is 23.1 Å². The van der Waals surface area contributed by atoms with Crippen LogP contribution in [0, 0.1) is 0 Å². The lowest BCUT2D eigenvalue weighted by Crippen LogP contribution is -2.26. The molecule has 0 unspecified atom stereocenters. The molecule has 0 spiro atoms. The van der Waals surface area contributed by atoms with Crippen LogP contribution < -0.4 is 0 Å². The highest BCUT2D eigenvalue weighted by Gasteiger charge is 2.19. The standard InChI is InChI=1S/C7H10O2S/c1-10-6-4-2-3-5(8)7(6)9/h2-5,7-9H,1H3/t5-,7-/m0/s1. The van der Waals surface area contributed by atoms with Gasteiger partial charge in [0.2, 0.25) is 0 Å². The van der Waals surface area contributed by atoms with Gasteiger partial charge in [-0.2, -0.15) is 0 Å². The van der Waals surface area contributed by atoms with Crippen molar-refractivity contribution >= 4 is 11.8 Å². The third-order valence-electron chi connectivity index (χ3n) is 1.42. The molecule has 0 aliphatic heterocycles. The summed E-state index contributed by atoms with van der Waals surface area (Å²) in [5, 5.41) is 18.3. The van der Waals surface area contributed by atoms with Crippen molar-refractivity contribution < 1.29 is 10.2 Å². The molecule has 0 fully saturated rings. The van der Waals surface area contributed by atoms with Crippen LogP contribution >= 0.6 is 11.8 Å². The second-order valence-corrected chi connectivity index (χ2v) is 2.97. The first-order valence-electron chi connectivity index (χ1n) is 3.04. The van der Waals surface area contributed by atoms with E-state index >= 15 is 0 Å². The second kappa shape index (κ2) is 3.23. The largest absolute Gasteiger partial charge is 0.386 e. The second-order valence-electron chi connectivity index (χ2n) is 2.09. The van der Waals surface area contributed by atoms with Crippen molar-refractivity contribution in [3.8, 4) is 0 Å². The van der Waals surface area contributed by atoms with Gasteiger partial charge in [0.1, 0.15) is 12.2 Å². The number of hydrogen-bond donors (Lipinski definition) is 2. The van der Waals surface area contributed by atoms with Gasteiger partial charge < -0.3 is 10.2 Å². The molecule has 56 valence electrons. The third-order valence-corrected chi connectivity index (χ3v) is 2.27. The molecule has 0 bridgehead atoms. The number of rotatable bonds is 1. The summed E-state index contributed by atoms with van der Waals surface area (Å²) < 4.78 is 0. The molecule has 0 aromatic heterocycles. The summed E-state index contributed by atoms with van der Waals surface area (Å²) in [5.41, 5.74) is 0. The van der Waals surface area contributed by atoms with Crippen LogP contribution in [0.2, 0.25) is 0 Å². The number of aliphatic hydroxyl groups is 2. The molecule has 1 aliphatic carbocycles. The van der Waals surface area contributed by atoms with Gasteiger partial charge in [-0.25, -0.2) is 0 Å². The van der Waals surface area contributed by atoms with Gasteiger partial charge in [-0.1, -0.05) is 18.2 Å². The fraction of sp³-hybridized carbons (Fsp3) is 0.429. The van der Waals surface area contributed by atoms with Gasteiger partial charge in [-0.3, -0.25) is 0 Å². The summed E-state index contributed by atoms with van der Waals surface area (Å²) >= 11 is 1.46. The smallest absolute Gasteiger partial charge is 0.114 e. The van der Waals surface area contributed by atoms with E-state index in [0.717, 1.165) is 4.91 Å². The minimum Gasteiger partial charge on any atom is -0.386 e. The molecular weight excluding hydrogens is 148 g/mol. The molecule has 0 heterocycles. The summed E-state index contributed by atoms with van der Waals surface area (Å²) in [4.78, 5) is 0.815. The Balaban J connectivity index is 2.71. The van der Waals surface area contributed by atoms with Crippen molar-refractivity contribution in [3.05, 3.63) is 23.1 Å². The summed E-state index contributed by atoms with van der Waals surface area (Å²) in [6.07, 6.45) is 5.56. The van der Waals surface area contributed by atoms with E-state index in [1.807, 2.05) is 12.3 Å². The summed E-state index contributed by atoms with van der Waals surface area (Å²) in [6.45, 7) is 0. The Morgan fingerprint density at radius 3 is 2.70 bits per heavy atom. The Morgan fingerprint density at radius 2 is 2.20 bits per heavy atom. The Hall–Kier alpha value is -0.250. The molecule has 3 heteroatoms. The first-order valence-corrected chi connectivity index (χ1v) is 4.26. The molecule has 0 aromatic carbocycles. The van der Waals surface area contributed by atoms with Crippen LogP contribution in [-0.4, -0.2) is 28.7 Å². The van der Waals surface area contributed by atoms with Gasteiger partial charge >= 0.3 is 0 Å². The number of aliphatic hydroxyl groups excluding tert-OH is 2. The molecule has 2 atom stereocenters. The van der Waals surface area contributed by atoms with Crippen LogP contribution in [0.25, 0.3) is 0 Å². The Morgan fingerprint density at radius 1 is 1.50 bits per heavy atom. The molecule has 0 aromatic rings. The van der Waals surface area contributed by atoms with Crippen LogP contribution in [0.5, 0.6) is 0 Å². The first-order chi connectivity index (χ1) is 4.75. The molecule has 1 aliphatic rings. The van der Waals surface area contributed by atoms with Gasteiger partial charge in [0, 0.05) is 4.91 Å². The van der Waals surface area contributed by atoms with E-state index in [-0.39, 0.29) is 0 Å². The van der Waals surface area contributed by atoms with Gasteiger partial charge in [0.25, 0.3) is 0 Å². The first kappa shape index (κ1) is 7.85. The lowest BCUT2D eigenvalue weighted by molar-refractivity contribution is 0.0770. The van der Waals surface area contributed by atoms with E-state index in [1.54, 1.807) is 12.2 Å². The van der Waals surface area contributed by atoms with E-state index in [1.165, 1.54) is 11.8 Å². The lowest BCUT2D eigenvalue weighted by Gasteiger charge is -2.18. The van der Waals surface area contributed by atoms with Crippen molar-refractivity contribution in [2.45, 2.75) is 12.2 Å². The van der Waals surface area contributed by atoms with Crippen molar-refractivity contribution in [3.63, 3.8) is 0 Å². The van der Waals surface area contributed by atoms with Gasteiger partial charge in [0.05, 0.1) is 0 Å². The van der Waals surface area contributed by atoms with E-state index in [9.17, 15) is 5.11 Å². The molecule has 2 N–H and O–H groups in total. The Bertz CT molecular complexity index is 174. The molecule has 0 amide bonds. The summed E-state index contributed by atoms with van der Waals surface area (Å²) in [5.74, 6) is 0. The van der Waals surface area contributed by atoms with Gasteiger partial charge in [-0.15, -0.1) is 11.8 Å². The number of thioether (sulfide) groups is 1. The lowest BCUT2D eigenvalue weighted by atomic mass is 10.1. The van der Waals surface area contributed by atoms with Crippen LogP contribution in [0.1, 0.15) is 0 Å². The van der Waals surface area contributed by atoms with E-state index in [2.05, 4.69) is 0 Å². The Kier molecular flexibility index (Phi) is 2.54. The molecule has 0 radical (unpaired) electrons. The molecular formula is C7H10O2S. The Labute approximate surface area is 64.3 Å². The maximum atomic E-state index is 9.25. The van der Waals surface area contributed by atoms with Crippen molar-refractivity contribution in [1.29, 1.82) is 0 Å². The zero-order valence-corrected chi connectivity index (χ0v) is 6.51. The van der Waals surface area contributed by atoms with Crippen LogP contribution in [0.4, 0.5) is 0 Å². The van der Waals surface area contributed by atoms with E-state index < -0.39 is 12.2 Å². The zero-order valence-electron chi connectivity index (χ0n) is 5.69. The maximum absolute atomic E-state index is 9.25. The minimum absolute atomic E-state index is 0.722. The zero-order chi connectivity index (χ0) is 7.56. The third kappa shape index (κ3) is 1.42. The highest BCUT2D eigenvalue weighted by atomic mass is 32.2. The van der Waals surface area contributed by atoms with Crippen molar-refractivity contribution in [1.82, 2.24) is 0 Å². The average molecular weight is 158 g/mol. The predicted molar refractivity (Wildman–Crippen MR) is 42.8 cm³/mol. The predicted octanol–water partition coefficient (Wildman–Crippen LogP) is 0.525. The van der Waals surface area contributed by atoms with Gasteiger partial charge in [0.15, 0.2) is 0 Å². The molecule has 0 saturated carbocycles. The molecule has 1 rings (SSSR count). The van der Waals surface area contributed by atoms with Crippen molar-refractivity contribution in [2.75, 3.05) is 6.26 Å². The normalized spacial score (nSPS) is 32.1. The summed E-state index contributed by atoms with van der Waals surface area (Å²) in [7, 11) is 0. The van der Waals surface area contributed by atoms with Crippen LogP contribution in [-0.2, 0) is 0 Å². The topological polar surface area (TPSA) is 40.5 Å². The van der Waals surface area contributed by atoms with Gasteiger partial charge in [-0.05, 0) is 6.26 Å². The number of allylic oxidation sites excluding steroid dienone is 2. The fourth-order valence-electron chi connectivity index (χ4n) is 0.825. The minimum atomic E-state index is -0.729. The monoisotopic (exact) mass is 158 g/mol. The highest BCUT2D eigenvalue weighted by Crippen LogP contribution is 2.22. The quantitative estimate of drug-likeness (QED) is 0.584. The summed E-state index contributed by atoms with van der Waals surface area (Å²) in [6, 6.07) is 0. The van der Waals surface area contributed by atoms with Crippen molar-refractivity contribution in [2.24, 2.45) is 0 Å². The molecule has 10 heavy (non-hydrogen) atoms. The SMILES string of the molecule is CSC1=CC=C[C@H](O)[C@@H]1O. The molecule has 0 saturated heterocycles. The highest BCUT2D eigenvalue weighted by molar-refractivity contribution is 8.02. The van der Waals surface area contributed by atoms with Crippen LogP contribution in [0.3, 0.4) is 0 Å². The molecule has 2 nitrogen and oxygen atoms in total. The van der Waals surface area contributed by atoms with E-state index in [4.69, 9.17) is 5.11 Å².